The zero-order valence-electron chi connectivity index (χ0n) is 13.5. The minimum Gasteiger partial charge on any atom is -0.358 e. The Morgan fingerprint density at radius 2 is 1.74 bits per heavy atom. The van der Waals surface area contributed by atoms with Crippen molar-refractivity contribution in [1.82, 2.24) is 4.90 Å². The summed E-state index contributed by atoms with van der Waals surface area (Å²) in [7, 11) is 2.43. The normalized spacial score (nSPS) is 34.7. The summed E-state index contributed by atoms with van der Waals surface area (Å²) >= 11 is 0. The maximum absolute atomic E-state index is 5.03. The largest absolute Gasteiger partial charge is 0.358 e. The van der Waals surface area contributed by atoms with Crippen LogP contribution in [0.25, 0.3) is 0 Å². The van der Waals surface area contributed by atoms with Crippen molar-refractivity contribution in [3.05, 3.63) is 0 Å². The molecule has 3 unspecified atom stereocenters. The molecule has 0 spiro atoms. The average molecular weight is 262 g/mol. The summed E-state index contributed by atoms with van der Waals surface area (Å²) in [6, 6.07) is 1.02. The smallest absolute Gasteiger partial charge is 0.105 e. The Kier molecular flexibility index (Phi) is 4.97. The fourth-order valence-corrected chi connectivity index (χ4v) is 3.82. The molecular weight excluding hydrogens is 231 g/mol. The molecule has 1 saturated heterocycles. The van der Waals surface area contributed by atoms with Gasteiger partial charge in [0.05, 0.1) is 0 Å². The summed E-state index contributed by atoms with van der Waals surface area (Å²) < 4.78 is 0. The van der Waals surface area contributed by atoms with Crippen LogP contribution in [0.5, 0.6) is 0 Å². The molecule has 2 aliphatic rings. The van der Waals surface area contributed by atoms with Gasteiger partial charge in [0.1, 0.15) is 13.7 Å². The molecule has 0 radical (unpaired) electrons. The van der Waals surface area contributed by atoms with E-state index >= 15 is 0 Å². The van der Waals surface area contributed by atoms with Crippen LogP contribution in [0.1, 0.15) is 59.8 Å². The Hall–Kier alpha value is -0.465. The summed E-state index contributed by atoms with van der Waals surface area (Å²) in [5, 5.41) is 0. The Morgan fingerprint density at radius 3 is 2.37 bits per heavy atom. The molecule has 0 N–H and O–H groups in total. The molecule has 0 aromatic heterocycles. The second-order valence-electron chi connectivity index (χ2n) is 7.28. The molecule has 19 heavy (non-hydrogen) atoms. The molecule has 1 saturated carbocycles. The van der Waals surface area contributed by atoms with Gasteiger partial charge in [0.15, 0.2) is 0 Å². The lowest BCUT2D eigenvalue weighted by Crippen LogP contribution is -2.49. The van der Waals surface area contributed by atoms with Crippen molar-refractivity contribution in [2.24, 2.45) is 16.8 Å². The summed E-state index contributed by atoms with van der Waals surface area (Å²) in [6.45, 7) is 10.3. The van der Waals surface area contributed by atoms with Crippen molar-refractivity contribution in [1.29, 1.82) is 0 Å². The molecule has 1 heterocycles. The van der Waals surface area contributed by atoms with Crippen LogP contribution in [0.15, 0.2) is 4.99 Å². The monoisotopic (exact) mass is 262 g/mol. The SMILES string of the molecule is BC1CCC2CCN(C(C)C)/C(=N\C(C)C)C2CC1. The van der Waals surface area contributed by atoms with Gasteiger partial charge >= 0.3 is 0 Å². The molecule has 2 rings (SSSR count). The lowest BCUT2D eigenvalue weighted by molar-refractivity contribution is 0.216. The van der Waals surface area contributed by atoms with Gasteiger partial charge in [-0.25, -0.2) is 0 Å². The Bertz CT molecular complexity index is 325. The lowest BCUT2D eigenvalue weighted by Gasteiger charge is -2.43. The standard InChI is InChI=1S/C16H31BN2/c1-11(2)18-16-15-8-7-14(17)6-5-13(15)9-10-19(16)12(3)4/h11-15H,5-10,17H2,1-4H3/b18-16-. The van der Waals surface area contributed by atoms with Crippen molar-refractivity contribution in [2.45, 2.75) is 77.7 Å². The number of nitrogens with zero attached hydrogens (tertiary/aromatic N) is 2. The number of hydrogen-bond donors (Lipinski definition) is 0. The summed E-state index contributed by atoms with van der Waals surface area (Å²) in [6.07, 6.45) is 6.99. The molecular formula is C16H31BN2. The fourth-order valence-electron chi connectivity index (χ4n) is 3.82. The first-order chi connectivity index (χ1) is 8.99. The first kappa shape index (κ1) is 14.9. The molecule has 3 atom stereocenters. The highest BCUT2D eigenvalue weighted by molar-refractivity contribution is 6.11. The Morgan fingerprint density at radius 1 is 1.05 bits per heavy atom. The van der Waals surface area contributed by atoms with Crippen molar-refractivity contribution in [3.8, 4) is 0 Å². The maximum atomic E-state index is 5.03. The highest BCUT2D eigenvalue weighted by Gasteiger charge is 2.37. The van der Waals surface area contributed by atoms with Gasteiger partial charge in [-0.2, -0.15) is 0 Å². The second kappa shape index (κ2) is 6.32. The number of hydrogen-bond acceptors (Lipinski definition) is 1. The lowest BCUT2D eigenvalue weighted by atomic mass is 9.80. The van der Waals surface area contributed by atoms with Gasteiger partial charge in [0.25, 0.3) is 0 Å². The van der Waals surface area contributed by atoms with E-state index in [2.05, 4.69) is 40.4 Å². The number of fused-ring (bicyclic) bond motifs is 1. The van der Waals surface area contributed by atoms with E-state index in [0.29, 0.717) is 12.1 Å². The van der Waals surface area contributed by atoms with E-state index in [4.69, 9.17) is 4.99 Å². The van der Waals surface area contributed by atoms with E-state index in [1.54, 1.807) is 0 Å². The third-order valence-electron chi connectivity index (χ3n) is 4.95. The molecule has 2 fully saturated rings. The minimum absolute atomic E-state index is 0.427. The van der Waals surface area contributed by atoms with Gasteiger partial charge in [-0.15, -0.1) is 0 Å². The molecule has 3 heteroatoms. The first-order valence-electron chi connectivity index (χ1n) is 8.33. The number of likely N-dealkylation sites (tertiary alicyclic amines) is 1. The number of amidine groups is 1. The molecule has 1 aliphatic carbocycles. The van der Waals surface area contributed by atoms with Crippen LogP contribution in [-0.2, 0) is 0 Å². The van der Waals surface area contributed by atoms with Crippen molar-refractivity contribution in [3.63, 3.8) is 0 Å². The van der Waals surface area contributed by atoms with Crippen molar-refractivity contribution >= 4 is 13.7 Å². The molecule has 0 amide bonds. The zero-order chi connectivity index (χ0) is 14.0. The molecule has 0 aromatic rings. The quantitative estimate of drug-likeness (QED) is 0.698. The van der Waals surface area contributed by atoms with Crippen LogP contribution < -0.4 is 0 Å². The first-order valence-corrected chi connectivity index (χ1v) is 8.33. The molecule has 108 valence electrons. The summed E-state index contributed by atoms with van der Waals surface area (Å²) in [5.74, 6) is 4.00. The van der Waals surface area contributed by atoms with Crippen LogP contribution >= 0.6 is 0 Å². The van der Waals surface area contributed by atoms with E-state index in [0.717, 1.165) is 17.7 Å². The second-order valence-corrected chi connectivity index (χ2v) is 7.28. The zero-order valence-corrected chi connectivity index (χ0v) is 13.5. The van der Waals surface area contributed by atoms with Crippen LogP contribution in [0.3, 0.4) is 0 Å². The molecule has 0 bridgehead atoms. The number of rotatable bonds is 2. The fraction of sp³-hybridized carbons (Fsp3) is 0.938. The average Bonchev–Trinajstić information content (AvgIpc) is 2.51. The minimum atomic E-state index is 0.427. The Balaban J connectivity index is 2.23. The van der Waals surface area contributed by atoms with Gasteiger partial charge in [-0.05, 0) is 46.5 Å². The van der Waals surface area contributed by atoms with Crippen molar-refractivity contribution in [2.75, 3.05) is 6.54 Å². The third kappa shape index (κ3) is 3.55. The third-order valence-corrected chi connectivity index (χ3v) is 4.95. The number of piperidine rings is 1. The van der Waals surface area contributed by atoms with Crippen molar-refractivity contribution < 1.29 is 0 Å². The molecule has 1 aliphatic heterocycles. The van der Waals surface area contributed by atoms with E-state index in [1.807, 2.05) is 0 Å². The van der Waals surface area contributed by atoms with E-state index < -0.39 is 0 Å². The molecule has 0 aromatic carbocycles. The maximum Gasteiger partial charge on any atom is 0.105 e. The predicted octanol–water partition coefficient (Wildman–Crippen LogP) is 3.14. The van der Waals surface area contributed by atoms with E-state index in [-0.39, 0.29) is 0 Å². The highest BCUT2D eigenvalue weighted by atomic mass is 15.2. The van der Waals surface area contributed by atoms with Crippen LogP contribution in [0.4, 0.5) is 0 Å². The van der Waals surface area contributed by atoms with E-state index in [1.165, 1.54) is 44.5 Å². The predicted molar refractivity (Wildman–Crippen MR) is 86.8 cm³/mol. The van der Waals surface area contributed by atoms with Gasteiger partial charge < -0.3 is 4.90 Å². The van der Waals surface area contributed by atoms with Gasteiger partial charge in [0.2, 0.25) is 0 Å². The summed E-state index contributed by atoms with van der Waals surface area (Å²) in [4.78, 5) is 7.61. The Labute approximate surface area is 120 Å². The van der Waals surface area contributed by atoms with Crippen LogP contribution in [0, 0.1) is 11.8 Å². The van der Waals surface area contributed by atoms with Crippen LogP contribution in [-0.4, -0.2) is 37.2 Å². The van der Waals surface area contributed by atoms with Gasteiger partial charge in [-0.3, -0.25) is 4.99 Å². The van der Waals surface area contributed by atoms with Gasteiger partial charge in [-0.1, -0.05) is 25.1 Å². The van der Waals surface area contributed by atoms with Gasteiger partial charge in [0, 0.05) is 24.5 Å². The van der Waals surface area contributed by atoms with E-state index in [9.17, 15) is 0 Å². The topological polar surface area (TPSA) is 15.6 Å². The van der Waals surface area contributed by atoms with Crippen LogP contribution in [0.2, 0.25) is 5.82 Å². The molecule has 2 nitrogen and oxygen atoms in total. The highest BCUT2D eigenvalue weighted by Crippen LogP contribution is 2.39. The number of aliphatic imine (C=N–C) groups is 1. The summed E-state index contributed by atoms with van der Waals surface area (Å²) in [5.41, 5.74) is 0.